The normalized spacial score (nSPS) is 12.5. The van der Waals surface area contributed by atoms with E-state index >= 15 is 0 Å². The van der Waals surface area contributed by atoms with E-state index in [9.17, 15) is 0 Å². The summed E-state index contributed by atoms with van der Waals surface area (Å²) in [6.07, 6.45) is 4.41. The predicted molar refractivity (Wildman–Crippen MR) is 76.8 cm³/mol. The van der Waals surface area contributed by atoms with E-state index in [0.29, 0.717) is 12.6 Å². The van der Waals surface area contributed by atoms with Gasteiger partial charge in [-0.2, -0.15) is 0 Å². The third-order valence-electron chi connectivity index (χ3n) is 2.83. The summed E-state index contributed by atoms with van der Waals surface area (Å²) in [5, 5.41) is 5.54. The highest BCUT2D eigenvalue weighted by molar-refractivity contribution is 7.17. The van der Waals surface area contributed by atoms with Crippen LogP contribution >= 0.6 is 11.3 Å². The van der Waals surface area contributed by atoms with Crippen LogP contribution in [-0.4, -0.2) is 18.1 Å². The van der Waals surface area contributed by atoms with Gasteiger partial charge in [0, 0.05) is 12.2 Å². The first kappa shape index (κ1) is 13.1. The van der Waals surface area contributed by atoms with Crippen molar-refractivity contribution in [3.05, 3.63) is 42.1 Å². The molecule has 1 atom stereocenters. The molecule has 2 aromatic heterocycles. The summed E-state index contributed by atoms with van der Waals surface area (Å²) in [6, 6.07) is 4.58. The van der Waals surface area contributed by atoms with Gasteiger partial charge >= 0.3 is 0 Å². The molecule has 4 heteroatoms. The van der Waals surface area contributed by atoms with E-state index in [-0.39, 0.29) is 0 Å². The van der Waals surface area contributed by atoms with Gasteiger partial charge in [0.25, 0.3) is 0 Å². The van der Waals surface area contributed by atoms with Crippen LogP contribution in [0.1, 0.15) is 24.9 Å². The lowest BCUT2D eigenvalue weighted by molar-refractivity contribution is 0.243. The SMILES string of the molecule is C=COCCCNC(C)c1cnc2ccsc2c1. The molecular weight excluding hydrogens is 244 g/mol. The summed E-state index contributed by atoms with van der Waals surface area (Å²) in [5.74, 6) is 0. The first-order chi connectivity index (χ1) is 8.81. The van der Waals surface area contributed by atoms with Crippen LogP contribution in [0.4, 0.5) is 0 Å². The van der Waals surface area contributed by atoms with Crippen LogP contribution < -0.4 is 5.32 Å². The highest BCUT2D eigenvalue weighted by Crippen LogP contribution is 2.22. The summed E-state index contributed by atoms with van der Waals surface area (Å²) >= 11 is 1.73. The lowest BCUT2D eigenvalue weighted by Gasteiger charge is -2.13. The van der Waals surface area contributed by atoms with Gasteiger partial charge in [-0.05, 0) is 43.0 Å². The summed E-state index contributed by atoms with van der Waals surface area (Å²) < 4.78 is 6.33. The number of ether oxygens (including phenoxy) is 1. The molecule has 0 saturated heterocycles. The predicted octanol–water partition coefficient (Wildman–Crippen LogP) is 3.50. The second kappa shape index (κ2) is 6.52. The molecule has 2 aromatic rings. The molecule has 0 bridgehead atoms. The molecule has 18 heavy (non-hydrogen) atoms. The molecular formula is C14H18N2OS. The van der Waals surface area contributed by atoms with Crippen LogP contribution in [0.5, 0.6) is 0 Å². The minimum absolute atomic E-state index is 0.313. The number of nitrogens with one attached hydrogen (secondary N) is 1. The van der Waals surface area contributed by atoms with Crippen molar-refractivity contribution in [1.82, 2.24) is 10.3 Å². The first-order valence-electron chi connectivity index (χ1n) is 6.10. The lowest BCUT2D eigenvalue weighted by atomic mass is 10.1. The molecule has 0 spiro atoms. The van der Waals surface area contributed by atoms with E-state index in [1.54, 1.807) is 11.3 Å². The Morgan fingerprint density at radius 3 is 3.33 bits per heavy atom. The number of pyridine rings is 1. The summed E-state index contributed by atoms with van der Waals surface area (Å²) in [5.41, 5.74) is 2.31. The van der Waals surface area contributed by atoms with Crippen molar-refractivity contribution in [2.75, 3.05) is 13.2 Å². The first-order valence-corrected chi connectivity index (χ1v) is 6.98. The minimum atomic E-state index is 0.313. The zero-order valence-electron chi connectivity index (χ0n) is 10.6. The molecule has 0 aliphatic rings. The van der Waals surface area contributed by atoms with Gasteiger partial charge in [0.2, 0.25) is 0 Å². The standard InChI is InChI=1S/C14H18N2OS/c1-3-17-7-4-6-15-11(2)12-9-14-13(16-10-12)5-8-18-14/h3,5,8-11,15H,1,4,6-7H2,2H3. The number of aromatic nitrogens is 1. The Labute approximate surface area is 112 Å². The van der Waals surface area contributed by atoms with E-state index in [1.807, 2.05) is 6.20 Å². The Morgan fingerprint density at radius 2 is 2.50 bits per heavy atom. The average molecular weight is 262 g/mol. The maximum Gasteiger partial charge on any atom is 0.0885 e. The zero-order valence-corrected chi connectivity index (χ0v) is 11.4. The summed E-state index contributed by atoms with van der Waals surface area (Å²) in [4.78, 5) is 4.45. The van der Waals surface area contributed by atoms with Crippen molar-refractivity contribution in [2.45, 2.75) is 19.4 Å². The van der Waals surface area contributed by atoms with Gasteiger partial charge in [-0.3, -0.25) is 4.98 Å². The molecule has 1 N–H and O–H groups in total. The van der Waals surface area contributed by atoms with Crippen LogP contribution in [0.3, 0.4) is 0 Å². The van der Waals surface area contributed by atoms with Crippen molar-refractivity contribution < 1.29 is 4.74 Å². The summed E-state index contributed by atoms with van der Waals surface area (Å²) in [6.45, 7) is 7.31. The fraction of sp³-hybridized carbons (Fsp3) is 0.357. The Balaban J connectivity index is 1.87. The van der Waals surface area contributed by atoms with E-state index in [0.717, 1.165) is 18.5 Å². The van der Waals surface area contributed by atoms with Gasteiger partial charge in [-0.15, -0.1) is 11.3 Å². The van der Waals surface area contributed by atoms with Crippen molar-refractivity contribution >= 4 is 21.6 Å². The molecule has 2 rings (SSSR count). The van der Waals surface area contributed by atoms with Crippen LogP contribution in [0.25, 0.3) is 10.2 Å². The van der Waals surface area contributed by atoms with Crippen LogP contribution in [0.2, 0.25) is 0 Å². The molecule has 0 saturated carbocycles. The van der Waals surface area contributed by atoms with Crippen molar-refractivity contribution in [1.29, 1.82) is 0 Å². The quantitative estimate of drug-likeness (QED) is 0.612. The van der Waals surface area contributed by atoms with Crippen LogP contribution in [0, 0.1) is 0 Å². The fourth-order valence-electron chi connectivity index (χ4n) is 1.77. The van der Waals surface area contributed by atoms with Gasteiger partial charge in [-0.1, -0.05) is 6.58 Å². The van der Waals surface area contributed by atoms with Crippen molar-refractivity contribution in [2.24, 2.45) is 0 Å². The molecule has 0 amide bonds. The Kier molecular flexibility index (Phi) is 4.73. The molecule has 0 fully saturated rings. The molecule has 1 unspecified atom stereocenters. The largest absolute Gasteiger partial charge is 0.502 e. The number of hydrogen-bond donors (Lipinski definition) is 1. The van der Waals surface area contributed by atoms with Crippen LogP contribution in [0.15, 0.2) is 36.6 Å². The Bertz CT molecular complexity index is 509. The monoisotopic (exact) mass is 262 g/mol. The highest BCUT2D eigenvalue weighted by Gasteiger charge is 2.06. The number of thiophene rings is 1. The van der Waals surface area contributed by atoms with E-state index in [4.69, 9.17) is 4.74 Å². The average Bonchev–Trinajstić information content (AvgIpc) is 2.85. The number of hydrogen-bond acceptors (Lipinski definition) is 4. The number of fused-ring (bicyclic) bond motifs is 1. The smallest absolute Gasteiger partial charge is 0.0885 e. The molecule has 0 aromatic carbocycles. The third kappa shape index (κ3) is 3.31. The third-order valence-corrected chi connectivity index (χ3v) is 3.68. The molecule has 3 nitrogen and oxygen atoms in total. The molecule has 0 radical (unpaired) electrons. The second-order valence-electron chi connectivity index (χ2n) is 4.14. The number of rotatable bonds is 7. The molecule has 0 aliphatic heterocycles. The van der Waals surface area contributed by atoms with Gasteiger partial charge in [0.05, 0.1) is 23.1 Å². The fourth-order valence-corrected chi connectivity index (χ4v) is 2.56. The summed E-state index contributed by atoms with van der Waals surface area (Å²) in [7, 11) is 0. The maximum atomic E-state index is 5.08. The topological polar surface area (TPSA) is 34.1 Å². The van der Waals surface area contributed by atoms with Crippen molar-refractivity contribution in [3.8, 4) is 0 Å². The van der Waals surface area contributed by atoms with Gasteiger partial charge in [0.15, 0.2) is 0 Å². The highest BCUT2D eigenvalue weighted by atomic mass is 32.1. The van der Waals surface area contributed by atoms with Gasteiger partial charge in [-0.25, -0.2) is 0 Å². The number of nitrogens with zero attached hydrogens (tertiary/aromatic N) is 1. The Morgan fingerprint density at radius 1 is 1.61 bits per heavy atom. The Hall–Kier alpha value is -1.39. The van der Waals surface area contributed by atoms with Crippen LogP contribution in [-0.2, 0) is 4.74 Å². The molecule has 96 valence electrons. The molecule has 0 aliphatic carbocycles. The van der Waals surface area contributed by atoms with Gasteiger partial charge in [0.1, 0.15) is 0 Å². The maximum absolute atomic E-state index is 5.08. The van der Waals surface area contributed by atoms with Gasteiger partial charge < -0.3 is 10.1 Å². The lowest BCUT2D eigenvalue weighted by Crippen LogP contribution is -2.20. The van der Waals surface area contributed by atoms with E-state index < -0.39 is 0 Å². The molecule has 2 heterocycles. The van der Waals surface area contributed by atoms with E-state index in [2.05, 4.69) is 41.3 Å². The minimum Gasteiger partial charge on any atom is -0.502 e. The van der Waals surface area contributed by atoms with E-state index in [1.165, 1.54) is 16.5 Å². The van der Waals surface area contributed by atoms with Crippen molar-refractivity contribution in [3.63, 3.8) is 0 Å². The second-order valence-corrected chi connectivity index (χ2v) is 5.09. The zero-order chi connectivity index (χ0) is 12.8.